The topological polar surface area (TPSA) is 84.5 Å². The van der Waals surface area contributed by atoms with Crippen molar-refractivity contribution in [1.29, 1.82) is 0 Å². The number of hydrogen-bond acceptors (Lipinski definition) is 5. The number of H-pyrrole nitrogens is 1. The lowest BCUT2D eigenvalue weighted by molar-refractivity contribution is 0.0526. The van der Waals surface area contributed by atoms with E-state index in [0.29, 0.717) is 35.9 Å². The van der Waals surface area contributed by atoms with Crippen LogP contribution in [0.2, 0.25) is 0 Å². The number of ether oxygens (including phenoxy) is 2. The molecule has 1 aliphatic rings. The Hall–Kier alpha value is -3.91. The minimum Gasteiger partial charge on any atom is -0.494 e. The van der Waals surface area contributed by atoms with Crippen molar-refractivity contribution in [1.82, 2.24) is 10.2 Å². The van der Waals surface area contributed by atoms with E-state index >= 15 is 0 Å². The number of benzene rings is 3. The van der Waals surface area contributed by atoms with E-state index in [4.69, 9.17) is 9.47 Å². The maximum Gasteiger partial charge on any atom is 0.338 e. The second-order valence-corrected chi connectivity index (χ2v) is 9.13. The van der Waals surface area contributed by atoms with Crippen molar-refractivity contribution in [3.05, 3.63) is 99.7 Å². The fourth-order valence-electron chi connectivity index (χ4n) is 4.47. The standard InChI is InChI=1S/C28H24BrN3O4/c1-3-35-22-14-10-17(11-15-22)24-23-25(31-30-24)27(33)32(26(23)19-6-5-7-20(29)16-19)21-12-8-18(9-13-21)28(34)36-4-2/h5-16,26H,3-4H2,1-2H3,(H,30,31). The molecule has 7 nitrogen and oxygen atoms in total. The summed E-state index contributed by atoms with van der Waals surface area (Å²) in [5.74, 6) is 0.187. The monoisotopic (exact) mass is 545 g/mol. The van der Waals surface area contributed by atoms with E-state index in [2.05, 4.69) is 26.1 Å². The zero-order valence-corrected chi connectivity index (χ0v) is 21.4. The van der Waals surface area contributed by atoms with Gasteiger partial charge in [-0.3, -0.25) is 14.8 Å². The van der Waals surface area contributed by atoms with E-state index in [0.717, 1.165) is 26.9 Å². The van der Waals surface area contributed by atoms with Crippen LogP contribution >= 0.6 is 15.9 Å². The first kappa shape index (κ1) is 23.8. The number of nitrogens with one attached hydrogen (secondary N) is 1. The number of aromatic nitrogens is 2. The highest BCUT2D eigenvalue weighted by atomic mass is 79.9. The van der Waals surface area contributed by atoms with Gasteiger partial charge >= 0.3 is 5.97 Å². The first-order valence-electron chi connectivity index (χ1n) is 11.7. The van der Waals surface area contributed by atoms with Gasteiger partial charge in [0.2, 0.25) is 0 Å². The Balaban J connectivity index is 1.60. The van der Waals surface area contributed by atoms with Crippen LogP contribution < -0.4 is 9.64 Å². The number of rotatable bonds is 7. The minimum absolute atomic E-state index is 0.191. The molecule has 0 spiro atoms. The van der Waals surface area contributed by atoms with E-state index < -0.39 is 12.0 Å². The van der Waals surface area contributed by atoms with Crippen LogP contribution in [0.4, 0.5) is 5.69 Å². The Morgan fingerprint density at radius 3 is 2.44 bits per heavy atom. The third-order valence-corrected chi connectivity index (χ3v) is 6.52. The van der Waals surface area contributed by atoms with Gasteiger partial charge in [-0.05, 0) is 80.1 Å². The molecular weight excluding hydrogens is 522 g/mol. The van der Waals surface area contributed by atoms with Gasteiger partial charge in [-0.2, -0.15) is 5.10 Å². The largest absolute Gasteiger partial charge is 0.494 e. The summed E-state index contributed by atoms with van der Waals surface area (Å²) in [6, 6.07) is 22.1. The summed E-state index contributed by atoms with van der Waals surface area (Å²) in [7, 11) is 0. The fourth-order valence-corrected chi connectivity index (χ4v) is 4.89. The van der Waals surface area contributed by atoms with E-state index in [1.807, 2.05) is 55.5 Å². The van der Waals surface area contributed by atoms with Crippen LogP contribution in [-0.4, -0.2) is 35.3 Å². The van der Waals surface area contributed by atoms with Crippen LogP contribution in [0.5, 0.6) is 5.75 Å². The Morgan fingerprint density at radius 2 is 1.78 bits per heavy atom. The normalized spacial score (nSPS) is 14.6. The number of hydrogen-bond donors (Lipinski definition) is 1. The van der Waals surface area contributed by atoms with Crippen LogP contribution in [0.3, 0.4) is 0 Å². The molecule has 1 N–H and O–H groups in total. The molecule has 1 atom stereocenters. The maximum atomic E-state index is 13.7. The first-order chi connectivity index (χ1) is 17.5. The van der Waals surface area contributed by atoms with Gasteiger partial charge in [0, 0.05) is 21.3 Å². The Labute approximate surface area is 217 Å². The van der Waals surface area contributed by atoms with Crippen molar-refractivity contribution in [2.45, 2.75) is 19.9 Å². The van der Waals surface area contributed by atoms with E-state index in [1.165, 1.54) is 0 Å². The quantitative estimate of drug-likeness (QED) is 0.281. The summed E-state index contributed by atoms with van der Waals surface area (Å²) in [5.41, 5.74) is 4.86. The molecule has 36 heavy (non-hydrogen) atoms. The molecule has 0 aliphatic carbocycles. The predicted molar refractivity (Wildman–Crippen MR) is 140 cm³/mol. The summed E-state index contributed by atoms with van der Waals surface area (Å²) in [4.78, 5) is 27.6. The van der Waals surface area contributed by atoms with Gasteiger partial charge in [0.15, 0.2) is 0 Å². The fraction of sp³-hybridized carbons (Fsp3) is 0.179. The number of esters is 1. The molecule has 0 saturated heterocycles. The molecule has 1 aromatic heterocycles. The average Bonchev–Trinajstić information content (AvgIpc) is 3.44. The number of amides is 1. The molecule has 1 aliphatic heterocycles. The molecule has 0 bridgehead atoms. The van der Waals surface area contributed by atoms with E-state index in [-0.39, 0.29) is 5.91 Å². The molecule has 1 unspecified atom stereocenters. The van der Waals surface area contributed by atoms with Crippen molar-refractivity contribution >= 4 is 33.5 Å². The van der Waals surface area contributed by atoms with Crippen molar-refractivity contribution in [2.75, 3.05) is 18.1 Å². The number of halogens is 1. The number of nitrogens with zero attached hydrogens (tertiary/aromatic N) is 2. The van der Waals surface area contributed by atoms with Crippen molar-refractivity contribution in [3.63, 3.8) is 0 Å². The van der Waals surface area contributed by atoms with E-state index in [1.54, 1.807) is 36.1 Å². The molecule has 182 valence electrons. The number of fused-ring (bicyclic) bond motifs is 1. The smallest absolute Gasteiger partial charge is 0.338 e. The van der Waals surface area contributed by atoms with E-state index in [9.17, 15) is 9.59 Å². The molecule has 2 heterocycles. The average molecular weight is 546 g/mol. The Morgan fingerprint density at radius 1 is 1.03 bits per heavy atom. The Kier molecular flexibility index (Phi) is 6.61. The molecule has 5 rings (SSSR count). The van der Waals surface area contributed by atoms with Crippen molar-refractivity contribution < 1.29 is 19.1 Å². The molecule has 0 saturated carbocycles. The lowest BCUT2D eigenvalue weighted by Crippen LogP contribution is -2.29. The highest BCUT2D eigenvalue weighted by Gasteiger charge is 2.43. The molecule has 0 fully saturated rings. The van der Waals surface area contributed by atoms with Gasteiger partial charge < -0.3 is 9.47 Å². The summed E-state index contributed by atoms with van der Waals surface area (Å²) >= 11 is 3.57. The van der Waals surface area contributed by atoms with Crippen LogP contribution in [0.15, 0.2) is 77.3 Å². The highest BCUT2D eigenvalue weighted by Crippen LogP contribution is 2.45. The first-order valence-corrected chi connectivity index (χ1v) is 12.5. The number of anilines is 1. The van der Waals surface area contributed by atoms with Gasteiger partial charge in [-0.1, -0.05) is 28.1 Å². The summed E-state index contributed by atoms with van der Waals surface area (Å²) in [5, 5.41) is 7.51. The van der Waals surface area contributed by atoms with Crippen LogP contribution in [0.1, 0.15) is 51.9 Å². The SMILES string of the molecule is CCOC(=O)c1ccc(N2C(=O)c3[nH]nc(-c4ccc(OCC)cc4)c3C2c2cccc(Br)c2)cc1. The van der Waals surface area contributed by atoms with Crippen LogP contribution in [0.25, 0.3) is 11.3 Å². The molecule has 4 aromatic rings. The van der Waals surface area contributed by atoms with Crippen LogP contribution in [-0.2, 0) is 4.74 Å². The molecule has 3 aromatic carbocycles. The van der Waals surface area contributed by atoms with Gasteiger partial charge in [0.1, 0.15) is 11.4 Å². The van der Waals surface area contributed by atoms with Crippen molar-refractivity contribution in [2.24, 2.45) is 0 Å². The van der Waals surface area contributed by atoms with Gasteiger partial charge in [-0.25, -0.2) is 4.79 Å². The summed E-state index contributed by atoms with van der Waals surface area (Å²) in [6.45, 7) is 4.59. The van der Waals surface area contributed by atoms with Gasteiger partial charge in [0.25, 0.3) is 5.91 Å². The number of carbonyl (C=O) groups is 2. The maximum absolute atomic E-state index is 13.7. The molecule has 8 heteroatoms. The second-order valence-electron chi connectivity index (χ2n) is 8.22. The van der Waals surface area contributed by atoms with Crippen molar-refractivity contribution in [3.8, 4) is 17.0 Å². The minimum atomic E-state index is -0.418. The van der Waals surface area contributed by atoms with Gasteiger partial charge in [0.05, 0.1) is 30.5 Å². The summed E-state index contributed by atoms with van der Waals surface area (Å²) < 4.78 is 11.6. The summed E-state index contributed by atoms with van der Waals surface area (Å²) in [6.07, 6.45) is 0. The highest BCUT2D eigenvalue weighted by molar-refractivity contribution is 9.10. The lowest BCUT2D eigenvalue weighted by Gasteiger charge is -2.27. The van der Waals surface area contributed by atoms with Crippen LogP contribution in [0, 0.1) is 0 Å². The Bertz CT molecular complexity index is 1410. The third kappa shape index (κ3) is 4.28. The lowest BCUT2D eigenvalue weighted by atomic mass is 9.96. The molecule has 1 amide bonds. The molecular formula is C28H24BrN3O4. The predicted octanol–water partition coefficient (Wildman–Crippen LogP) is 6.16. The molecule has 0 radical (unpaired) electrons. The number of aromatic amines is 1. The number of carbonyl (C=O) groups excluding carboxylic acids is 2. The zero-order chi connectivity index (χ0) is 25.2. The third-order valence-electron chi connectivity index (χ3n) is 6.03. The zero-order valence-electron chi connectivity index (χ0n) is 19.8. The second kappa shape index (κ2) is 9.99. The van der Waals surface area contributed by atoms with Gasteiger partial charge in [-0.15, -0.1) is 0 Å².